The molecule has 0 atom stereocenters. The Kier molecular flexibility index (Phi) is 5.33. The molecule has 1 aliphatic heterocycles. The Morgan fingerprint density at radius 1 is 0.929 bits per heavy atom. The first-order valence-corrected chi connectivity index (χ1v) is 10.5. The summed E-state index contributed by atoms with van der Waals surface area (Å²) in [5.41, 5.74) is 4.43. The van der Waals surface area contributed by atoms with Gasteiger partial charge in [-0.05, 0) is 33.6 Å². The molecule has 1 saturated carbocycles. The molecule has 1 amide bonds. The Labute approximate surface area is 167 Å². The molecule has 2 aromatic rings. The van der Waals surface area contributed by atoms with Crippen molar-refractivity contribution in [2.45, 2.75) is 46.5 Å². The van der Waals surface area contributed by atoms with E-state index in [9.17, 15) is 4.79 Å². The first-order chi connectivity index (χ1) is 13.5. The molecular formula is C23H30N4O. The molecule has 148 valence electrons. The summed E-state index contributed by atoms with van der Waals surface area (Å²) in [7, 11) is 0. The van der Waals surface area contributed by atoms with Crippen molar-refractivity contribution < 1.29 is 4.79 Å². The number of anilines is 1. The molecule has 1 saturated heterocycles. The largest absolute Gasteiger partial charge is 0.353 e. The minimum atomic E-state index is 0.266. The SMILES string of the molecule is Cc1ccc(-c2nc(C)c(C)c(N3CCN(C(=O)C4CCCC4)CC3)n2)cc1. The van der Waals surface area contributed by atoms with Crippen molar-refractivity contribution in [2.75, 3.05) is 31.1 Å². The molecule has 2 fully saturated rings. The van der Waals surface area contributed by atoms with E-state index < -0.39 is 0 Å². The lowest BCUT2D eigenvalue weighted by Gasteiger charge is -2.37. The van der Waals surface area contributed by atoms with Gasteiger partial charge >= 0.3 is 0 Å². The van der Waals surface area contributed by atoms with E-state index in [4.69, 9.17) is 9.97 Å². The van der Waals surface area contributed by atoms with Gasteiger partial charge in [0.1, 0.15) is 5.82 Å². The number of carbonyl (C=O) groups is 1. The van der Waals surface area contributed by atoms with E-state index in [0.29, 0.717) is 5.91 Å². The minimum Gasteiger partial charge on any atom is -0.353 e. The second-order valence-corrected chi connectivity index (χ2v) is 8.24. The van der Waals surface area contributed by atoms with Crippen LogP contribution in [0.1, 0.15) is 42.5 Å². The van der Waals surface area contributed by atoms with Gasteiger partial charge in [-0.25, -0.2) is 9.97 Å². The molecule has 1 aromatic carbocycles. The zero-order chi connectivity index (χ0) is 19.7. The molecule has 0 unspecified atom stereocenters. The number of nitrogens with zero attached hydrogens (tertiary/aromatic N) is 4. The van der Waals surface area contributed by atoms with Crippen LogP contribution in [0.4, 0.5) is 5.82 Å². The highest BCUT2D eigenvalue weighted by molar-refractivity contribution is 5.79. The lowest BCUT2D eigenvalue weighted by Crippen LogP contribution is -2.50. The van der Waals surface area contributed by atoms with Crippen molar-refractivity contribution >= 4 is 11.7 Å². The van der Waals surface area contributed by atoms with E-state index in [2.05, 4.69) is 54.8 Å². The van der Waals surface area contributed by atoms with Crippen molar-refractivity contribution in [2.24, 2.45) is 5.92 Å². The molecule has 5 nitrogen and oxygen atoms in total. The number of aryl methyl sites for hydroxylation is 2. The topological polar surface area (TPSA) is 49.3 Å². The van der Waals surface area contributed by atoms with Crippen molar-refractivity contribution in [3.05, 3.63) is 41.1 Å². The monoisotopic (exact) mass is 378 g/mol. The number of piperazine rings is 1. The van der Waals surface area contributed by atoms with Gasteiger partial charge in [0.2, 0.25) is 5.91 Å². The van der Waals surface area contributed by atoms with Gasteiger partial charge in [-0.3, -0.25) is 4.79 Å². The maximum absolute atomic E-state index is 12.7. The number of amides is 1. The molecule has 1 aliphatic carbocycles. The van der Waals surface area contributed by atoms with Crippen LogP contribution in [0.15, 0.2) is 24.3 Å². The predicted molar refractivity (Wildman–Crippen MR) is 112 cm³/mol. The van der Waals surface area contributed by atoms with E-state index in [1.54, 1.807) is 0 Å². The fraction of sp³-hybridized carbons (Fsp3) is 0.522. The molecule has 0 radical (unpaired) electrons. The lowest BCUT2D eigenvalue weighted by atomic mass is 10.1. The predicted octanol–water partition coefficient (Wildman–Crippen LogP) is 3.91. The zero-order valence-corrected chi connectivity index (χ0v) is 17.2. The maximum Gasteiger partial charge on any atom is 0.225 e. The smallest absolute Gasteiger partial charge is 0.225 e. The van der Waals surface area contributed by atoms with Crippen molar-refractivity contribution in [1.29, 1.82) is 0 Å². The summed E-state index contributed by atoms with van der Waals surface area (Å²) in [6, 6.07) is 8.37. The van der Waals surface area contributed by atoms with E-state index in [0.717, 1.165) is 67.5 Å². The van der Waals surface area contributed by atoms with Crippen LogP contribution >= 0.6 is 0 Å². The molecule has 1 aromatic heterocycles. The Hall–Kier alpha value is -2.43. The van der Waals surface area contributed by atoms with Crippen LogP contribution in [0.5, 0.6) is 0 Å². The van der Waals surface area contributed by atoms with Gasteiger partial charge in [-0.1, -0.05) is 42.7 Å². The summed E-state index contributed by atoms with van der Waals surface area (Å²) in [6.45, 7) is 9.49. The summed E-state index contributed by atoms with van der Waals surface area (Å²) in [6.07, 6.45) is 4.56. The summed E-state index contributed by atoms with van der Waals surface area (Å²) < 4.78 is 0. The molecule has 28 heavy (non-hydrogen) atoms. The molecule has 0 N–H and O–H groups in total. The molecule has 5 heteroatoms. The van der Waals surface area contributed by atoms with Crippen molar-refractivity contribution in [3.63, 3.8) is 0 Å². The minimum absolute atomic E-state index is 0.266. The highest BCUT2D eigenvalue weighted by atomic mass is 16.2. The second kappa shape index (κ2) is 7.90. The molecule has 0 spiro atoms. The number of hydrogen-bond acceptors (Lipinski definition) is 4. The molecule has 2 aliphatic rings. The van der Waals surface area contributed by atoms with E-state index in [-0.39, 0.29) is 5.92 Å². The van der Waals surface area contributed by atoms with Gasteiger partial charge in [0.25, 0.3) is 0 Å². The van der Waals surface area contributed by atoms with Gasteiger partial charge in [-0.15, -0.1) is 0 Å². The average Bonchev–Trinajstić information content (AvgIpc) is 3.25. The standard InChI is InChI=1S/C23H30N4O/c1-16-8-10-19(11-9-16)21-24-18(3)17(2)22(25-21)26-12-14-27(15-13-26)23(28)20-6-4-5-7-20/h8-11,20H,4-7,12-15H2,1-3H3. The van der Waals surface area contributed by atoms with Gasteiger partial charge in [0.05, 0.1) is 0 Å². The van der Waals surface area contributed by atoms with Crippen molar-refractivity contribution in [1.82, 2.24) is 14.9 Å². The molecule has 4 rings (SSSR count). The Morgan fingerprint density at radius 3 is 2.21 bits per heavy atom. The van der Waals surface area contributed by atoms with Gasteiger partial charge in [0, 0.05) is 48.9 Å². The van der Waals surface area contributed by atoms with Crippen LogP contribution in [0.3, 0.4) is 0 Å². The normalized spacial score (nSPS) is 18.0. The van der Waals surface area contributed by atoms with Gasteiger partial charge < -0.3 is 9.80 Å². The fourth-order valence-corrected chi connectivity index (χ4v) is 4.32. The first kappa shape index (κ1) is 18.9. The maximum atomic E-state index is 12.7. The Morgan fingerprint density at radius 2 is 1.57 bits per heavy atom. The average molecular weight is 379 g/mol. The molecule has 0 bridgehead atoms. The third kappa shape index (κ3) is 3.75. The second-order valence-electron chi connectivity index (χ2n) is 8.24. The third-order valence-corrected chi connectivity index (χ3v) is 6.27. The summed E-state index contributed by atoms with van der Waals surface area (Å²) in [5.74, 6) is 2.43. The van der Waals surface area contributed by atoms with Crippen molar-refractivity contribution in [3.8, 4) is 11.4 Å². The van der Waals surface area contributed by atoms with Crippen LogP contribution < -0.4 is 4.90 Å². The van der Waals surface area contributed by atoms with Crippen LogP contribution in [0, 0.1) is 26.7 Å². The molecule has 2 heterocycles. The molecular weight excluding hydrogens is 348 g/mol. The number of benzene rings is 1. The summed E-state index contributed by atoms with van der Waals surface area (Å²) in [4.78, 5) is 26.7. The van der Waals surface area contributed by atoms with Crippen LogP contribution in [-0.2, 0) is 4.79 Å². The third-order valence-electron chi connectivity index (χ3n) is 6.27. The summed E-state index contributed by atoms with van der Waals surface area (Å²) >= 11 is 0. The number of rotatable bonds is 3. The van der Waals surface area contributed by atoms with Gasteiger partial charge in [0.15, 0.2) is 5.82 Å². The fourth-order valence-electron chi connectivity index (χ4n) is 4.32. The highest BCUT2D eigenvalue weighted by Gasteiger charge is 2.30. The number of hydrogen-bond donors (Lipinski definition) is 0. The van der Waals surface area contributed by atoms with Crippen LogP contribution in [0.2, 0.25) is 0 Å². The highest BCUT2D eigenvalue weighted by Crippen LogP contribution is 2.29. The van der Waals surface area contributed by atoms with Gasteiger partial charge in [-0.2, -0.15) is 0 Å². The summed E-state index contributed by atoms with van der Waals surface area (Å²) in [5, 5.41) is 0. The van der Waals surface area contributed by atoms with Crippen LogP contribution in [-0.4, -0.2) is 47.0 Å². The first-order valence-electron chi connectivity index (χ1n) is 10.5. The zero-order valence-electron chi connectivity index (χ0n) is 17.2. The Balaban J connectivity index is 1.51. The number of aromatic nitrogens is 2. The van der Waals surface area contributed by atoms with E-state index >= 15 is 0 Å². The number of carbonyl (C=O) groups excluding carboxylic acids is 1. The van der Waals surface area contributed by atoms with E-state index in [1.807, 2.05) is 0 Å². The quantitative estimate of drug-likeness (QED) is 0.813. The lowest BCUT2D eigenvalue weighted by molar-refractivity contribution is -0.135. The van der Waals surface area contributed by atoms with Crippen LogP contribution in [0.25, 0.3) is 11.4 Å². The van der Waals surface area contributed by atoms with E-state index in [1.165, 1.54) is 18.4 Å². The Bertz CT molecular complexity index is 848.